The third-order valence-corrected chi connectivity index (χ3v) is 9.77. The predicted molar refractivity (Wildman–Crippen MR) is 174 cm³/mol. The van der Waals surface area contributed by atoms with Crippen molar-refractivity contribution in [3.05, 3.63) is 129 Å². The number of likely N-dealkylation sites (N-methyl/N-ethyl adjacent to an activating group) is 1. The molecule has 1 unspecified atom stereocenters. The molecule has 0 aromatic heterocycles. The number of halogens is 1. The average molecular weight is 663 g/mol. The summed E-state index contributed by atoms with van der Waals surface area (Å²) in [7, 11) is -2.61. The van der Waals surface area contributed by atoms with Crippen molar-refractivity contribution >= 4 is 43.5 Å². The lowest BCUT2D eigenvalue weighted by atomic mass is 10.0. The Hall–Kier alpha value is -3.95. The van der Waals surface area contributed by atoms with Crippen molar-refractivity contribution in [2.75, 3.05) is 17.9 Å². The van der Waals surface area contributed by atoms with Gasteiger partial charge in [-0.15, -0.1) is 0 Å². The number of carbonyl (C=O) groups is 2. The molecule has 9 heteroatoms. The number of anilines is 1. The van der Waals surface area contributed by atoms with Crippen molar-refractivity contribution < 1.29 is 18.0 Å². The van der Waals surface area contributed by atoms with E-state index in [0.29, 0.717) is 5.69 Å². The molecule has 0 aliphatic heterocycles. The molecule has 0 spiro atoms. The molecule has 2 amide bonds. The smallest absolute Gasteiger partial charge is 0.264 e. The number of nitrogens with zero attached hydrogens (tertiary/aromatic N) is 2. The summed E-state index contributed by atoms with van der Waals surface area (Å²) < 4.78 is 30.3. The highest BCUT2D eigenvalue weighted by Crippen LogP contribution is 2.27. The van der Waals surface area contributed by atoms with Crippen molar-refractivity contribution in [1.82, 2.24) is 10.2 Å². The van der Waals surface area contributed by atoms with Gasteiger partial charge in [-0.1, -0.05) is 82.2 Å². The van der Waals surface area contributed by atoms with Crippen molar-refractivity contribution in [3.63, 3.8) is 0 Å². The van der Waals surface area contributed by atoms with Crippen molar-refractivity contribution in [2.24, 2.45) is 0 Å². The van der Waals surface area contributed by atoms with Crippen LogP contribution in [0.2, 0.25) is 0 Å². The van der Waals surface area contributed by atoms with E-state index in [2.05, 4.69) is 21.2 Å². The highest BCUT2D eigenvalue weighted by atomic mass is 79.9. The van der Waals surface area contributed by atoms with Crippen LogP contribution in [0, 0.1) is 20.8 Å². The van der Waals surface area contributed by atoms with Gasteiger partial charge >= 0.3 is 0 Å². The van der Waals surface area contributed by atoms with E-state index in [-0.39, 0.29) is 23.8 Å². The molecule has 1 atom stereocenters. The molecule has 4 rings (SSSR count). The van der Waals surface area contributed by atoms with Gasteiger partial charge in [-0.25, -0.2) is 8.42 Å². The molecule has 7 nitrogen and oxygen atoms in total. The number of hydrogen-bond donors (Lipinski definition) is 1. The zero-order chi connectivity index (χ0) is 31.1. The van der Waals surface area contributed by atoms with Gasteiger partial charge in [-0.3, -0.25) is 13.9 Å². The van der Waals surface area contributed by atoms with Gasteiger partial charge in [0.05, 0.1) is 10.6 Å². The Morgan fingerprint density at radius 1 is 0.814 bits per heavy atom. The second-order valence-electron chi connectivity index (χ2n) is 10.6. The molecule has 43 heavy (non-hydrogen) atoms. The number of sulfonamides is 1. The maximum Gasteiger partial charge on any atom is 0.264 e. The lowest BCUT2D eigenvalue weighted by Crippen LogP contribution is -2.53. The van der Waals surface area contributed by atoms with E-state index in [1.165, 1.54) is 11.9 Å². The predicted octanol–water partition coefficient (Wildman–Crippen LogP) is 5.96. The zero-order valence-electron chi connectivity index (χ0n) is 24.7. The van der Waals surface area contributed by atoms with E-state index < -0.39 is 28.5 Å². The number of amides is 2. The Morgan fingerprint density at radius 3 is 2.07 bits per heavy atom. The first-order valence-corrected chi connectivity index (χ1v) is 16.2. The summed E-state index contributed by atoms with van der Waals surface area (Å²) in [5, 5.41) is 2.70. The van der Waals surface area contributed by atoms with Crippen LogP contribution in [0.3, 0.4) is 0 Å². The lowest BCUT2D eigenvalue weighted by Gasteiger charge is -2.33. The summed E-state index contributed by atoms with van der Waals surface area (Å²) in [4.78, 5) is 29.3. The topological polar surface area (TPSA) is 86.8 Å². The van der Waals surface area contributed by atoms with Crippen LogP contribution in [-0.2, 0) is 32.6 Å². The summed E-state index contributed by atoms with van der Waals surface area (Å²) in [6.07, 6.45) is 0.261. The van der Waals surface area contributed by atoms with Gasteiger partial charge in [0.1, 0.15) is 12.6 Å². The third kappa shape index (κ3) is 7.91. The van der Waals surface area contributed by atoms with Crippen LogP contribution in [-0.4, -0.2) is 44.8 Å². The monoisotopic (exact) mass is 661 g/mol. The van der Waals surface area contributed by atoms with Crippen LogP contribution >= 0.6 is 15.9 Å². The Balaban J connectivity index is 1.80. The summed E-state index contributed by atoms with van der Waals surface area (Å²) in [6, 6.07) is 27.9. The molecular formula is C34H36BrN3O4S. The molecule has 0 heterocycles. The van der Waals surface area contributed by atoms with E-state index in [4.69, 9.17) is 0 Å². The first-order valence-electron chi connectivity index (χ1n) is 14.0. The maximum atomic E-state index is 14.4. The molecule has 0 fully saturated rings. The summed E-state index contributed by atoms with van der Waals surface area (Å²) >= 11 is 3.45. The summed E-state index contributed by atoms with van der Waals surface area (Å²) in [5.74, 6) is -0.838. The number of nitrogens with one attached hydrogen (secondary N) is 1. The van der Waals surface area contributed by atoms with Gasteiger partial charge in [0.25, 0.3) is 10.0 Å². The summed E-state index contributed by atoms with van der Waals surface area (Å²) in [6.45, 7) is 5.35. The Labute approximate surface area is 262 Å². The number of hydrogen-bond acceptors (Lipinski definition) is 4. The molecule has 1 N–H and O–H groups in total. The van der Waals surface area contributed by atoms with Gasteiger partial charge in [0.15, 0.2) is 0 Å². The Bertz CT molecular complexity index is 1680. The lowest BCUT2D eigenvalue weighted by molar-refractivity contribution is -0.139. The third-order valence-electron chi connectivity index (χ3n) is 7.45. The fourth-order valence-electron chi connectivity index (χ4n) is 4.75. The summed E-state index contributed by atoms with van der Waals surface area (Å²) in [5.41, 5.74) is 4.87. The first kappa shape index (κ1) is 32.0. The van der Waals surface area contributed by atoms with Crippen molar-refractivity contribution in [1.29, 1.82) is 0 Å². The first-order chi connectivity index (χ1) is 20.5. The van der Waals surface area contributed by atoms with E-state index in [9.17, 15) is 18.0 Å². The molecule has 0 radical (unpaired) electrons. The van der Waals surface area contributed by atoms with Crippen LogP contribution in [0.4, 0.5) is 5.69 Å². The minimum Gasteiger partial charge on any atom is -0.357 e. The van der Waals surface area contributed by atoms with Gasteiger partial charge in [-0.2, -0.15) is 0 Å². The molecule has 4 aromatic rings. The Kier molecular flexibility index (Phi) is 10.4. The highest BCUT2D eigenvalue weighted by molar-refractivity contribution is 9.10. The molecule has 0 aliphatic carbocycles. The highest BCUT2D eigenvalue weighted by Gasteiger charge is 2.34. The number of carbonyl (C=O) groups excluding carboxylic acids is 2. The van der Waals surface area contributed by atoms with Crippen LogP contribution in [0.1, 0.15) is 27.8 Å². The van der Waals surface area contributed by atoms with Crippen LogP contribution in [0.5, 0.6) is 0 Å². The molecule has 224 valence electrons. The van der Waals surface area contributed by atoms with Gasteiger partial charge < -0.3 is 10.2 Å². The van der Waals surface area contributed by atoms with E-state index in [1.54, 1.807) is 36.4 Å². The van der Waals surface area contributed by atoms with Crippen molar-refractivity contribution in [3.8, 4) is 0 Å². The Morgan fingerprint density at radius 2 is 1.47 bits per heavy atom. The quantitative estimate of drug-likeness (QED) is 0.215. The zero-order valence-corrected chi connectivity index (χ0v) is 27.2. The van der Waals surface area contributed by atoms with Gasteiger partial charge in [0.2, 0.25) is 11.8 Å². The number of rotatable bonds is 11. The fourth-order valence-corrected chi connectivity index (χ4v) is 6.42. The average Bonchev–Trinajstić information content (AvgIpc) is 3.00. The van der Waals surface area contributed by atoms with Crippen molar-refractivity contribution in [2.45, 2.75) is 44.7 Å². The van der Waals surface area contributed by atoms with E-state index in [0.717, 1.165) is 36.6 Å². The van der Waals surface area contributed by atoms with Gasteiger partial charge in [-0.05, 0) is 79.4 Å². The maximum absolute atomic E-state index is 14.4. The number of aryl methyl sites for hydroxylation is 3. The second-order valence-corrected chi connectivity index (χ2v) is 13.3. The van der Waals surface area contributed by atoms with E-state index in [1.807, 2.05) is 81.4 Å². The molecular weight excluding hydrogens is 626 g/mol. The SMILES string of the molecule is CNC(=O)C(Cc1ccccc1)N(Cc1ccc(Br)cc1)C(=O)CN(c1ccc(C)c(C)c1)S(=O)(=O)c1ccc(C)cc1. The molecule has 0 bridgehead atoms. The number of benzene rings is 4. The molecule has 4 aromatic carbocycles. The van der Waals surface area contributed by atoms with Crippen LogP contribution in [0.15, 0.2) is 106 Å². The van der Waals surface area contributed by atoms with E-state index >= 15 is 0 Å². The van der Waals surface area contributed by atoms with Gasteiger partial charge in [0, 0.05) is 24.5 Å². The van der Waals surface area contributed by atoms with Crippen LogP contribution in [0.25, 0.3) is 0 Å². The largest absolute Gasteiger partial charge is 0.357 e. The van der Waals surface area contributed by atoms with Crippen LogP contribution < -0.4 is 9.62 Å². The second kappa shape index (κ2) is 14.0. The molecule has 0 aliphatic rings. The fraction of sp³-hybridized carbons (Fsp3) is 0.235. The minimum absolute atomic E-state index is 0.0794. The molecule has 0 saturated heterocycles. The standard InChI is InChI=1S/C34H36BrN3O4S/c1-24-10-18-31(19-11-24)43(41,42)38(30-17-12-25(2)26(3)20-30)23-33(39)37(22-28-13-15-29(35)16-14-28)32(34(40)36-4)21-27-8-6-5-7-9-27/h5-20,32H,21-23H2,1-4H3,(H,36,40). The minimum atomic E-state index is -4.14. The molecule has 0 saturated carbocycles. The normalized spacial score (nSPS) is 11.9.